The highest BCUT2D eigenvalue weighted by Gasteiger charge is 2.30. The van der Waals surface area contributed by atoms with E-state index in [1.807, 2.05) is 0 Å². The van der Waals surface area contributed by atoms with Gasteiger partial charge in [-0.15, -0.1) is 0 Å². The van der Waals surface area contributed by atoms with E-state index in [1.54, 1.807) is 0 Å². The largest absolute Gasteiger partial charge is 0.472 e. The number of ether oxygens (including phenoxy) is 4. The van der Waals surface area contributed by atoms with Crippen LogP contribution in [0.5, 0.6) is 0 Å². The maximum Gasteiger partial charge on any atom is 0.472 e. The smallest absolute Gasteiger partial charge is 0.462 e. The first-order valence-corrected chi connectivity index (χ1v) is 46.6. The van der Waals surface area contributed by atoms with Crippen molar-refractivity contribution in [3.8, 4) is 0 Å². The van der Waals surface area contributed by atoms with Crippen molar-refractivity contribution >= 4 is 39.5 Å². The van der Waals surface area contributed by atoms with Crippen molar-refractivity contribution in [1.82, 2.24) is 0 Å². The van der Waals surface area contributed by atoms with Crippen LogP contribution in [0.4, 0.5) is 0 Å². The molecule has 0 aliphatic heterocycles. The molecule has 612 valence electrons. The third kappa shape index (κ3) is 78.0. The Morgan fingerprint density at radius 3 is 0.660 bits per heavy atom. The Kier molecular flexibility index (Phi) is 75.4. The second-order valence-corrected chi connectivity index (χ2v) is 33.6. The summed E-state index contributed by atoms with van der Waals surface area (Å²) in [5.74, 6) is -1.29. The fraction of sp³-hybridized carbons (Fsp3) is 0.952. The number of esters is 4. The second kappa shape index (κ2) is 76.8. The quantitative estimate of drug-likeness (QED) is 0.0222. The van der Waals surface area contributed by atoms with Gasteiger partial charge in [0.1, 0.15) is 19.3 Å². The van der Waals surface area contributed by atoms with Crippen molar-refractivity contribution < 1.29 is 80.2 Å². The molecule has 0 spiro atoms. The molecule has 0 saturated carbocycles. The zero-order valence-corrected chi connectivity index (χ0v) is 69.3. The normalized spacial score (nSPS) is 13.8. The van der Waals surface area contributed by atoms with Gasteiger partial charge in [0.15, 0.2) is 12.2 Å². The minimum Gasteiger partial charge on any atom is -0.462 e. The van der Waals surface area contributed by atoms with Gasteiger partial charge >= 0.3 is 39.5 Å². The molecule has 0 amide bonds. The lowest BCUT2D eigenvalue weighted by molar-refractivity contribution is -0.161. The molecule has 0 aromatic carbocycles. The van der Waals surface area contributed by atoms with Crippen molar-refractivity contribution in [2.45, 2.75) is 470 Å². The molecular formula is C84H164O17P2. The summed E-state index contributed by atoms with van der Waals surface area (Å²) in [6.45, 7) is 7.36. The lowest BCUT2D eigenvalue weighted by Gasteiger charge is -2.21. The molecule has 0 radical (unpaired) electrons. The summed E-state index contributed by atoms with van der Waals surface area (Å²) in [5, 5.41) is 10.6. The van der Waals surface area contributed by atoms with Crippen LogP contribution in [0, 0.1) is 5.92 Å². The van der Waals surface area contributed by atoms with Crippen LogP contribution in [0.3, 0.4) is 0 Å². The highest BCUT2D eigenvalue weighted by Crippen LogP contribution is 2.45. The molecule has 17 nitrogen and oxygen atoms in total. The van der Waals surface area contributed by atoms with Crippen molar-refractivity contribution in [3.05, 3.63) is 0 Å². The van der Waals surface area contributed by atoms with Crippen molar-refractivity contribution in [2.24, 2.45) is 5.92 Å². The molecule has 3 N–H and O–H groups in total. The first-order valence-electron chi connectivity index (χ1n) is 43.6. The van der Waals surface area contributed by atoms with Gasteiger partial charge in [0.2, 0.25) is 0 Å². The Balaban J connectivity index is 5.18. The fourth-order valence-electron chi connectivity index (χ4n) is 13.1. The number of aliphatic hydroxyl groups is 1. The molecule has 103 heavy (non-hydrogen) atoms. The van der Waals surface area contributed by atoms with Crippen LogP contribution in [0.1, 0.15) is 452 Å². The summed E-state index contributed by atoms with van der Waals surface area (Å²) in [4.78, 5) is 73.0. The number of hydrogen-bond donors (Lipinski definition) is 3. The van der Waals surface area contributed by atoms with E-state index in [4.69, 9.17) is 37.0 Å². The standard InChI is InChI=1S/C84H164O17P2/c1-6-9-12-15-18-21-23-25-27-28-29-30-31-32-38-42-46-50-55-60-65-70-84(89)101-80(74-95-82(87)68-63-58-53-48-44-40-37-34-33-36-39-43-47-51-56-61-66-77(4)5)76-99-103(92,93)97-72-78(85)71-96-102(90,91)98-75-79(73-94-81(86)67-62-57-52-20-17-14-11-8-3)100-83(88)69-64-59-54-49-45-41-35-26-24-22-19-16-13-10-7-2/h77-80,85H,6-76H2,1-5H3,(H,90,91)(H,92,93)/t78-,79+,80+/m0/s1. The number of carbonyl (C=O) groups is 4. The fourth-order valence-corrected chi connectivity index (χ4v) is 14.7. The minimum absolute atomic E-state index is 0.108. The first kappa shape index (κ1) is 101. The van der Waals surface area contributed by atoms with Crippen molar-refractivity contribution in [1.29, 1.82) is 0 Å². The van der Waals surface area contributed by atoms with Gasteiger partial charge in [-0.25, -0.2) is 9.13 Å². The van der Waals surface area contributed by atoms with E-state index in [1.165, 1.54) is 276 Å². The molecule has 2 unspecified atom stereocenters. The highest BCUT2D eigenvalue weighted by molar-refractivity contribution is 7.47. The summed E-state index contributed by atoms with van der Waals surface area (Å²) in [7, 11) is -9.92. The third-order valence-corrected chi connectivity index (χ3v) is 21.7. The number of phosphoric acid groups is 2. The third-order valence-electron chi connectivity index (χ3n) is 19.8. The van der Waals surface area contributed by atoms with E-state index in [0.717, 1.165) is 95.8 Å². The second-order valence-electron chi connectivity index (χ2n) is 30.7. The van der Waals surface area contributed by atoms with Gasteiger partial charge in [0.05, 0.1) is 26.4 Å². The minimum atomic E-state index is -4.96. The van der Waals surface area contributed by atoms with E-state index in [2.05, 4.69) is 34.6 Å². The molecular weight excluding hydrogens is 1340 g/mol. The predicted octanol–water partition coefficient (Wildman–Crippen LogP) is 25.6. The lowest BCUT2D eigenvalue weighted by Crippen LogP contribution is -2.30. The molecule has 0 aliphatic carbocycles. The number of hydrogen-bond acceptors (Lipinski definition) is 15. The van der Waals surface area contributed by atoms with Gasteiger partial charge < -0.3 is 33.8 Å². The van der Waals surface area contributed by atoms with E-state index < -0.39 is 97.5 Å². The SMILES string of the molecule is CCCCCCCCCCCCCCCCCCCCCCCC(=O)O[C@H](COC(=O)CCCCCCCCCCCCCCCCCCC(C)C)COP(=O)(O)OC[C@@H](O)COP(=O)(O)OC[C@@H](COC(=O)CCCCCCCCCC)OC(=O)CCCCCCCCCCCCCCCCC. The average Bonchev–Trinajstić information content (AvgIpc) is 0.919. The van der Waals surface area contributed by atoms with Crippen molar-refractivity contribution in [2.75, 3.05) is 39.6 Å². The van der Waals surface area contributed by atoms with Crippen LogP contribution in [0.2, 0.25) is 0 Å². The van der Waals surface area contributed by atoms with E-state index >= 15 is 0 Å². The van der Waals surface area contributed by atoms with Crippen LogP contribution in [0.15, 0.2) is 0 Å². The van der Waals surface area contributed by atoms with Crippen molar-refractivity contribution in [3.63, 3.8) is 0 Å². The van der Waals surface area contributed by atoms with E-state index in [-0.39, 0.29) is 25.7 Å². The van der Waals surface area contributed by atoms with Crippen LogP contribution >= 0.6 is 15.6 Å². The molecule has 0 aliphatic rings. The zero-order valence-electron chi connectivity index (χ0n) is 67.5. The van der Waals surface area contributed by atoms with Crippen LogP contribution in [-0.2, 0) is 65.4 Å². The van der Waals surface area contributed by atoms with Crippen LogP contribution < -0.4 is 0 Å². The Labute approximate surface area is 632 Å². The van der Waals surface area contributed by atoms with E-state index in [9.17, 15) is 43.2 Å². The number of unbranched alkanes of at least 4 members (excludes halogenated alkanes) is 56. The molecule has 0 aromatic heterocycles. The zero-order chi connectivity index (χ0) is 75.5. The monoisotopic (exact) mass is 1510 g/mol. The highest BCUT2D eigenvalue weighted by atomic mass is 31.2. The molecule has 0 heterocycles. The van der Waals surface area contributed by atoms with Gasteiger partial charge in [-0.1, -0.05) is 401 Å². The van der Waals surface area contributed by atoms with Gasteiger partial charge in [0.25, 0.3) is 0 Å². The molecule has 0 fully saturated rings. The molecule has 0 bridgehead atoms. The summed E-state index contributed by atoms with van der Waals surface area (Å²) in [6.07, 6.45) is 69.5. The average molecular weight is 1510 g/mol. The predicted molar refractivity (Wildman–Crippen MR) is 423 cm³/mol. The number of rotatable bonds is 84. The summed E-state index contributed by atoms with van der Waals surface area (Å²) in [5.41, 5.74) is 0. The lowest BCUT2D eigenvalue weighted by atomic mass is 10.0. The Morgan fingerprint density at radius 2 is 0.447 bits per heavy atom. The molecule has 0 aromatic rings. The molecule has 5 atom stereocenters. The number of phosphoric ester groups is 2. The topological polar surface area (TPSA) is 237 Å². The summed E-state index contributed by atoms with van der Waals surface area (Å²) in [6, 6.07) is 0. The summed E-state index contributed by atoms with van der Waals surface area (Å²) < 4.78 is 68.7. The van der Waals surface area contributed by atoms with Crippen LogP contribution in [-0.4, -0.2) is 96.7 Å². The summed E-state index contributed by atoms with van der Waals surface area (Å²) >= 11 is 0. The van der Waals surface area contributed by atoms with Gasteiger partial charge in [-0.3, -0.25) is 37.3 Å². The maximum atomic E-state index is 13.1. The van der Waals surface area contributed by atoms with Gasteiger partial charge in [-0.2, -0.15) is 0 Å². The van der Waals surface area contributed by atoms with E-state index in [0.29, 0.717) is 25.7 Å². The Bertz CT molecular complexity index is 1960. The first-order chi connectivity index (χ1) is 50.0. The number of carbonyl (C=O) groups excluding carboxylic acids is 4. The molecule has 19 heteroatoms. The number of aliphatic hydroxyl groups excluding tert-OH is 1. The molecule has 0 rings (SSSR count). The Hall–Kier alpha value is -1.94. The maximum absolute atomic E-state index is 13.1. The van der Waals surface area contributed by atoms with Gasteiger partial charge in [-0.05, 0) is 31.6 Å². The molecule has 0 saturated heterocycles. The van der Waals surface area contributed by atoms with Crippen LogP contribution in [0.25, 0.3) is 0 Å². The van der Waals surface area contributed by atoms with Gasteiger partial charge in [0, 0.05) is 25.7 Å². The Morgan fingerprint density at radius 1 is 0.262 bits per heavy atom.